The van der Waals surface area contributed by atoms with Crippen LogP contribution in [0.5, 0.6) is 0 Å². The fourth-order valence-corrected chi connectivity index (χ4v) is 4.57. The maximum absolute atomic E-state index is 12.6. The molecule has 2 aromatic rings. The lowest BCUT2D eigenvalue weighted by Crippen LogP contribution is -2.47. The Morgan fingerprint density at radius 1 is 1.31 bits per heavy atom. The quantitative estimate of drug-likeness (QED) is 0.701. The van der Waals surface area contributed by atoms with Crippen LogP contribution in [0.1, 0.15) is 17.2 Å². The Labute approximate surface area is 153 Å². The maximum Gasteiger partial charge on any atom is 0.249 e. The molecule has 1 atom stereocenters. The van der Waals surface area contributed by atoms with E-state index in [0.29, 0.717) is 6.61 Å². The Bertz CT molecular complexity index is 848. The van der Waals surface area contributed by atoms with E-state index in [1.807, 2.05) is 30.3 Å². The van der Waals surface area contributed by atoms with E-state index in [-0.39, 0.29) is 30.6 Å². The molecule has 0 bridgehead atoms. The average molecular weight is 377 g/mol. The van der Waals surface area contributed by atoms with Gasteiger partial charge >= 0.3 is 0 Å². The van der Waals surface area contributed by atoms with E-state index >= 15 is 0 Å². The molecule has 26 heavy (non-hydrogen) atoms. The highest BCUT2D eigenvalue weighted by atomic mass is 32.2. The summed E-state index contributed by atoms with van der Waals surface area (Å²) in [6.07, 6.45) is 4.10. The summed E-state index contributed by atoms with van der Waals surface area (Å²) in [6.45, 7) is 0.575. The molecule has 3 rings (SSSR count). The van der Waals surface area contributed by atoms with E-state index in [1.54, 1.807) is 29.0 Å². The van der Waals surface area contributed by atoms with Gasteiger partial charge in [-0.2, -0.15) is 5.10 Å². The zero-order chi connectivity index (χ0) is 18.6. The summed E-state index contributed by atoms with van der Waals surface area (Å²) in [5.74, 6) is -0.282. The second kappa shape index (κ2) is 8.01. The third kappa shape index (κ3) is 4.70. The van der Waals surface area contributed by atoms with Crippen LogP contribution < -0.4 is 0 Å². The number of carbonyl (C=O) groups excluding carboxylic acids is 1. The highest BCUT2D eigenvalue weighted by Crippen LogP contribution is 2.26. The van der Waals surface area contributed by atoms with Crippen LogP contribution in [0.3, 0.4) is 0 Å². The smallest absolute Gasteiger partial charge is 0.249 e. The van der Waals surface area contributed by atoms with E-state index in [2.05, 4.69) is 5.10 Å². The van der Waals surface area contributed by atoms with Crippen LogP contribution in [-0.4, -0.2) is 60.3 Å². The minimum absolute atomic E-state index is 0.0144. The molecule has 0 aliphatic carbocycles. The minimum Gasteiger partial charge on any atom is -0.371 e. The van der Waals surface area contributed by atoms with Crippen molar-refractivity contribution in [2.24, 2.45) is 7.05 Å². The summed E-state index contributed by atoms with van der Waals surface area (Å²) in [5, 5.41) is 4.09. The molecule has 8 heteroatoms. The first-order valence-electron chi connectivity index (χ1n) is 8.55. The fraction of sp³-hybridized carbons (Fsp3) is 0.444. The monoisotopic (exact) mass is 377 g/mol. The number of carbonyl (C=O) groups is 1. The summed E-state index contributed by atoms with van der Waals surface area (Å²) in [4.78, 5) is 14.2. The first-order valence-corrected chi connectivity index (χ1v) is 10.4. The van der Waals surface area contributed by atoms with Gasteiger partial charge in [0.25, 0.3) is 0 Å². The molecule has 140 valence electrons. The van der Waals surface area contributed by atoms with Gasteiger partial charge in [0.2, 0.25) is 5.91 Å². The standard InChI is InChI=1S/C18H23N3O4S/c1-20-12-16(11-19-20)17-14-26(23,24)10-8-21(17)18(22)13-25-9-7-15-5-3-2-4-6-15/h2-6,11-12,17H,7-10,13-14H2,1H3. The van der Waals surface area contributed by atoms with Gasteiger partial charge in [-0.15, -0.1) is 0 Å². The van der Waals surface area contributed by atoms with E-state index in [1.165, 1.54) is 0 Å². The number of rotatable bonds is 6. The van der Waals surface area contributed by atoms with Gasteiger partial charge in [0.05, 0.1) is 30.4 Å². The number of hydrogen-bond donors (Lipinski definition) is 0. The van der Waals surface area contributed by atoms with Gasteiger partial charge in [-0.1, -0.05) is 30.3 Å². The molecule has 1 amide bonds. The molecule has 1 fully saturated rings. The molecule has 0 N–H and O–H groups in total. The predicted octanol–water partition coefficient (Wildman–Crippen LogP) is 0.978. The van der Waals surface area contributed by atoms with Gasteiger partial charge in [-0.3, -0.25) is 9.48 Å². The van der Waals surface area contributed by atoms with Crippen molar-refractivity contribution in [3.8, 4) is 0 Å². The molecule has 1 aromatic heterocycles. The lowest BCUT2D eigenvalue weighted by atomic mass is 10.1. The summed E-state index contributed by atoms with van der Waals surface area (Å²) in [7, 11) is -1.41. The van der Waals surface area contributed by atoms with E-state index in [4.69, 9.17) is 4.74 Å². The molecule has 1 saturated heterocycles. The Balaban J connectivity index is 1.59. The normalized spacial score (nSPS) is 19.4. The third-order valence-corrected chi connectivity index (χ3v) is 6.09. The van der Waals surface area contributed by atoms with Gasteiger partial charge in [0, 0.05) is 25.4 Å². The summed E-state index contributed by atoms with van der Waals surface area (Å²) >= 11 is 0. The molecule has 7 nitrogen and oxygen atoms in total. The Hall–Kier alpha value is -2.19. The average Bonchev–Trinajstić information content (AvgIpc) is 3.05. The second-order valence-electron chi connectivity index (χ2n) is 6.45. The second-order valence-corrected chi connectivity index (χ2v) is 8.68. The zero-order valence-corrected chi connectivity index (χ0v) is 15.6. The van der Waals surface area contributed by atoms with E-state index < -0.39 is 15.9 Å². The van der Waals surface area contributed by atoms with Crippen molar-refractivity contribution in [3.05, 3.63) is 53.9 Å². The van der Waals surface area contributed by atoms with Crippen LogP contribution in [0.4, 0.5) is 0 Å². The summed E-state index contributed by atoms with van der Waals surface area (Å²) in [6, 6.07) is 9.41. The Morgan fingerprint density at radius 2 is 2.08 bits per heavy atom. The molecule has 1 aliphatic heterocycles. The number of aryl methyl sites for hydroxylation is 1. The highest BCUT2D eigenvalue weighted by Gasteiger charge is 2.35. The largest absolute Gasteiger partial charge is 0.371 e. The topological polar surface area (TPSA) is 81.5 Å². The first kappa shape index (κ1) is 18.6. The number of nitrogens with zero attached hydrogens (tertiary/aromatic N) is 3. The number of sulfone groups is 1. The van der Waals surface area contributed by atoms with Gasteiger partial charge in [-0.05, 0) is 12.0 Å². The third-order valence-electron chi connectivity index (χ3n) is 4.46. The van der Waals surface area contributed by atoms with Crippen molar-refractivity contribution >= 4 is 15.7 Å². The van der Waals surface area contributed by atoms with Crippen LogP contribution in [0.25, 0.3) is 0 Å². The molecule has 1 unspecified atom stereocenters. The zero-order valence-electron chi connectivity index (χ0n) is 14.7. The maximum atomic E-state index is 12.6. The molecule has 0 saturated carbocycles. The number of hydrogen-bond acceptors (Lipinski definition) is 5. The minimum atomic E-state index is -3.17. The predicted molar refractivity (Wildman–Crippen MR) is 97.3 cm³/mol. The van der Waals surface area contributed by atoms with Crippen LogP contribution in [0, 0.1) is 0 Å². The van der Waals surface area contributed by atoms with Crippen molar-refractivity contribution in [1.29, 1.82) is 0 Å². The molecular formula is C18H23N3O4S. The van der Waals surface area contributed by atoms with Crippen molar-refractivity contribution in [2.75, 3.05) is 31.3 Å². The highest BCUT2D eigenvalue weighted by molar-refractivity contribution is 7.91. The first-order chi connectivity index (χ1) is 12.4. The molecule has 1 aromatic carbocycles. The van der Waals surface area contributed by atoms with E-state index in [0.717, 1.165) is 17.5 Å². The molecular weight excluding hydrogens is 354 g/mol. The van der Waals surface area contributed by atoms with Crippen molar-refractivity contribution in [1.82, 2.24) is 14.7 Å². The number of aromatic nitrogens is 2. The fourth-order valence-electron chi connectivity index (χ4n) is 3.07. The molecule has 1 aliphatic rings. The molecule has 0 spiro atoms. The molecule has 2 heterocycles. The summed E-state index contributed by atoms with van der Waals surface area (Å²) in [5.41, 5.74) is 1.88. The van der Waals surface area contributed by atoms with Gasteiger partial charge < -0.3 is 9.64 Å². The lowest BCUT2D eigenvalue weighted by molar-refractivity contribution is -0.138. The van der Waals surface area contributed by atoms with Crippen LogP contribution in [-0.2, 0) is 32.8 Å². The van der Waals surface area contributed by atoms with Gasteiger partial charge in [0.15, 0.2) is 9.84 Å². The van der Waals surface area contributed by atoms with Crippen LogP contribution in [0.15, 0.2) is 42.7 Å². The van der Waals surface area contributed by atoms with Crippen LogP contribution in [0.2, 0.25) is 0 Å². The Morgan fingerprint density at radius 3 is 2.77 bits per heavy atom. The van der Waals surface area contributed by atoms with Gasteiger partial charge in [-0.25, -0.2) is 8.42 Å². The van der Waals surface area contributed by atoms with Crippen LogP contribution >= 0.6 is 0 Å². The van der Waals surface area contributed by atoms with Crippen molar-refractivity contribution < 1.29 is 17.9 Å². The lowest BCUT2D eigenvalue weighted by Gasteiger charge is -2.35. The van der Waals surface area contributed by atoms with Crippen molar-refractivity contribution in [3.63, 3.8) is 0 Å². The molecule has 0 radical (unpaired) electrons. The summed E-state index contributed by atoms with van der Waals surface area (Å²) < 4.78 is 31.2. The SMILES string of the molecule is Cn1cc(C2CS(=O)(=O)CCN2C(=O)COCCc2ccccc2)cn1. The number of benzene rings is 1. The van der Waals surface area contributed by atoms with Crippen molar-refractivity contribution in [2.45, 2.75) is 12.5 Å². The van der Waals surface area contributed by atoms with Gasteiger partial charge in [0.1, 0.15) is 6.61 Å². The number of amides is 1. The Kier molecular flexibility index (Phi) is 5.73. The number of ether oxygens (including phenoxy) is 1. The van der Waals surface area contributed by atoms with E-state index in [9.17, 15) is 13.2 Å².